The third-order valence-corrected chi connectivity index (χ3v) is 4.89. The van der Waals surface area contributed by atoms with Crippen LogP contribution in [0.15, 0.2) is 24.3 Å². The van der Waals surface area contributed by atoms with Gasteiger partial charge in [-0.25, -0.2) is 9.07 Å². The second-order valence-electron chi connectivity index (χ2n) is 6.35. The molecule has 1 fully saturated rings. The fraction of sp³-hybridized carbons (Fsp3) is 0.389. The van der Waals surface area contributed by atoms with E-state index >= 15 is 0 Å². The van der Waals surface area contributed by atoms with E-state index in [4.69, 9.17) is 11.6 Å². The standard InChI is InChI=1S/C18H20ClFN4O2/c1-11-15(18(26)23-9-3-8-21-17(25)12(23)2)16(19)24(22-11)10-13-4-6-14(20)7-5-13/h4-7,12H,3,8-10H2,1-2H3,(H,21,25)/t12-/m1/s1. The molecule has 1 aromatic carbocycles. The van der Waals surface area contributed by atoms with Crippen LogP contribution in [0.3, 0.4) is 0 Å². The zero-order valence-electron chi connectivity index (χ0n) is 14.6. The Balaban J connectivity index is 1.88. The molecule has 8 heteroatoms. The van der Waals surface area contributed by atoms with Crippen molar-refractivity contribution in [1.29, 1.82) is 0 Å². The minimum absolute atomic E-state index is 0.177. The third kappa shape index (κ3) is 3.58. The molecule has 1 aliphatic heterocycles. The molecule has 2 amide bonds. The summed E-state index contributed by atoms with van der Waals surface area (Å²) in [4.78, 5) is 26.6. The van der Waals surface area contributed by atoms with Gasteiger partial charge in [0.1, 0.15) is 17.0 Å². The maximum atomic E-state index is 13.1. The topological polar surface area (TPSA) is 67.2 Å². The Bertz CT molecular complexity index is 834. The lowest BCUT2D eigenvalue weighted by Crippen LogP contribution is -2.45. The summed E-state index contributed by atoms with van der Waals surface area (Å²) < 4.78 is 14.6. The molecule has 2 heterocycles. The summed E-state index contributed by atoms with van der Waals surface area (Å²) in [5.74, 6) is -0.800. The van der Waals surface area contributed by atoms with Gasteiger partial charge in [-0.3, -0.25) is 9.59 Å². The van der Waals surface area contributed by atoms with Crippen LogP contribution in [0.4, 0.5) is 4.39 Å². The molecule has 6 nitrogen and oxygen atoms in total. The van der Waals surface area contributed by atoms with E-state index in [0.29, 0.717) is 37.3 Å². The average Bonchev–Trinajstić information content (AvgIpc) is 2.77. The van der Waals surface area contributed by atoms with Gasteiger partial charge in [0, 0.05) is 13.1 Å². The van der Waals surface area contributed by atoms with Crippen LogP contribution in [0.2, 0.25) is 5.15 Å². The van der Waals surface area contributed by atoms with E-state index in [1.165, 1.54) is 21.7 Å². The first-order chi connectivity index (χ1) is 12.4. The Kier molecular flexibility index (Phi) is 5.27. The smallest absolute Gasteiger partial charge is 0.259 e. The number of hydrogen-bond acceptors (Lipinski definition) is 3. The molecule has 0 radical (unpaired) electrons. The van der Waals surface area contributed by atoms with Crippen molar-refractivity contribution in [2.45, 2.75) is 32.9 Å². The van der Waals surface area contributed by atoms with Crippen LogP contribution in [0.5, 0.6) is 0 Å². The highest BCUT2D eigenvalue weighted by atomic mass is 35.5. The Labute approximate surface area is 155 Å². The van der Waals surface area contributed by atoms with Gasteiger partial charge in [0.2, 0.25) is 5.91 Å². The molecule has 1 aromatic heterocycles. The summed E-state index contributed by atoms with van der Waals surface area (Å²) in [6.07, 6.45) is 0.683. The summed E-state index contributed by atoms with van der Waals surface area (Å²) in [6, 6.07) is 5.45. The highest BCUT2D eigenvalue weighted by Gasteiger charge is 2.32. The fourth-order valence-electron chi connectivity index (χ4n) is 3.03. The van der Waals surface area contributed by atoms with Crippen molar-refractivity contribution in [2.24, 2.45) is 0 Å². The number of hydrogen-bond donors (Lipinski definition) is 1. The molecule has 0 aliphatic carbocycles. The molecule has 0 spiro atoms. The number of aryl methyl sites for hydroxylation is 1. The Morgan fingerprint density at radius 1 is 1.38 bits per heavy atom. The quantitative estimate of drug-likeness (QED) is 0.891. The molecule has 2 aromatic rings. The third-order valence-electron chi connectivity index (χ3n) is 4.51. The van der Waals surface area contributed by atoms with Crippen LogP contribution < -0.4 is 5.32 Å². The predicted octanol–water partition coefficient (Wildman–Crippen LogP) is 2.38. The van der Waals surface area contributed by atoms with Crippen molar-refractivity contribution in [1.82, 2.24) is 20.0 Å². The molecular weight excluding hydrogens is 359 g/mol. The average molecular weight is 379 g/mol. The summed E-state index contributed by atoms with van der Waals surface area (Å²) in [5, 5.41) is 7.36. The lowest BCUT2D eigenvalue weighted by atomic mass is 10.2. The first-order valence-corrected chi connectivity index (χ1v) is 8.82. The first kappa shape index (κ1) is 18.4. The second-order valence-corrected chi connectivity index (χ2v) is 6.71. The number of rotatable bonds is 3. The highest BCUT2D eigenvalue weighted by molar-refractivity contribution is 6.33. The monoisotopic (exact) mass is 378 g/mol. The van der Waals surface area contributed by atoms with Gasteiger partial charge < -0.3 is 10.2 Å². The molecule has 0 bridgehead atoms. The molecule has 26 heavy (non-hydrogen) atoms. The summed E-state index contributed by atoms with van der Waals surface area (Å²) in [6.45, 7) is 4.75. The number of aromatic nitrogens is 2. The van der Waals surface area contributed by atoms with Gasteiger partial charge >= 0.3 is 0 Å². The lowest BCUT2D eigenvalue weighted by Gasteiger charge is -2.25. The summed E-state index contributed by atoms with van der Waals surface area (Å²) in [7, 11) is 0. The van der Waals surface area contributed by atoms with Gasteiger partial charge in [-0.05, 0) is 38.0 Å². The molecule has 138 valence electrons. The SMILES string of the molecule is Cc1nn(Cc2ccc(F)cc2)c(Cl)c1C(=O)N1CCCNC(=O)[C@H]1C. The van der Waals surface area contributed by atoms with Gasteiger partial charge in [0.25, 0.3) is 5.91 Å². The number of nitrogens with one attached hydrogen (secondary N) is 1. The molecule has 3 rings (SSSR count). The van der Waals surface area contributed by atoms with Crippen molar-refractivity contribution in [3.63, 3.8) is 0 Å². The molecule has 1 atom stereocenters. The van der Waals surface area contributed by atoms with E-state index < -0.39 is 6.04 Å². The molecule has 1 aliphatic rings. The second kappa shape index (κ2) is 7.45. The van der Waals surface area contributed by atoms with Crippen molar-refractivity contribution >= 4 is 23.4 Å². The van der Waals surface area contributed by atoms with Crippen LogP contribution in [-0.4, -0.2) is 45.6 Å². The number of carbonyl (C=O) groups excluding carboxylic acids is 2. The summed E-state index contributed by atoms with van der Waals surface area (Å²) >= 11 is 6.43. The molecule has 0 unspecified atom stereocenters. The van der Waals surface area contributed by atoms with Crippen molar-refractivity contribution < 1.29 is 14.0 Å². The zero-order chi connectivity index (χ0) is 18.8. The number of amides is 2. The number of nitrogens with zero attached hydrogens (tertiary/aromatic N) is 3. The summed E-state index contributed by atoms with van der Waals surface area (Å²) in [5.41, 5.74) is 1.62. The minimum Gasteiger partial charge on any atom is -0.354 e. The van der Waals surface area contributed by atoms with Gasteiger partial charge in [-0.1, -0.05) is 23.7 Å². The first-order valence-electron chi connectivity index (χ1n) is 8.44. The Hall–Kier alpha value is -2.41. The van der Waals surface area contributed by atoms with Gasteiger partial charge in [0.15, 0.2) is 0 Å². The highest BCUT2D eigenvalue weighted by Crippen LogP contribution is 2.24. The van der Waals surface area contributed by atoms with Crippen molar-refractivity contribution in [2.75, 3.05) is 13.1 Å². The van der Waals surface area contributed by atoms with Crippen LogP contribution in [0, 0.1) is 12.7 Å². The maximum Gasteiger partial charge on any atom is 0.259 e. The van der Waals surface area contributed by atoms with E-state index in [0.717, 1.165) is 5.56 Å². The van der Waals surface area contributed by atoms with E-state index in [-0.39, 0.29) is 22.8 Å². The van der Waals surface area contributed by atoms with Crippen LogP contribution in [0.25, 0.3) is 0 Å². The van der Waals surface area contributed by atoms with Crippen molar-refractivity contribution in [3.05, 3.63) is 52.1 Å². The number of halogens is 2. The van der Waals surface area contributed by atoms with E-state index in [1.807, 2.05) is 0 Å². The number of carbonyl (C=O) groups is 2. The van der Waals surface area contributed by atoms with Crippen LogP contribution >= 0.6 is 11.6 Å². The molecule has 1 saturated heterocycles. The van der Waals surface area contributed by atoms with E-state index in [2.05, 4.69) is 10.4 Å². The Morgan fingerprint density at radius 2 is 2.08 bits per heavy atom. The van der Waals surface area contributed by atoms with E-state index in [9.17, 15) is 14.0 Å². The Morgan fingerprint density at radius 3 is 2.77 bits per heavy atom. The molecule has 0 saturated carbocycles. The van der Waals surface area contributed by atoms with Crippen molar-refractivity contribution in [3.8, 4) is 0 Å². The fourth-order valence-corrected chi connectivity index (χ4v) is 3.34. The van der Waals surface area contributed by atoms with Gasteiger partial charge in [0.05, 0.1) is 17.8 Å². The predicted molar refractivity (Wildman–Crippen MR) is 95.6 cm³/mol. The van der Waals surface area contributed by atoms with Crippen LogP contribution in [-0.2, 0) is 11.3 Å². The normalized spacial score (nSPS) is 17.8. The largest absolute Gasteiger partial charge is 0.354 e. The molecule has 1 N–H and O–H groups in total. The molecular formula is C18H20ClFN4O2. The van der Waals surface area contributed by atoms with E-state index in [1.54, 1.807) is 26.0 Å². The van der Waals surface area contributed by atoms with Gasteiger partial charge in [-0.2, -0.15) is 5.10 Å². The van der Waals surface area contributed by atoms with Crippen LogP contribution in [0.1, 0.15) is 35.0 Å². The minimum atomic E-state index is -0.569. The number of benzene rings is 1. The zero-order valence-corrected chi connectivity index (χ0v) is 15.4. The lowest BCUT2D eigenvalue weighted by molar-refractivity contribution is -0.124. The maximum absolute atomic E-state index is 13.1. The van der Waals surface area contributed by atoms with Gasteiger partial charge in [-0.15, -0.1) is 0 Å².